The summed E-state index contributed by atoms with van der Waals surface area (Å²) in [6, 6.07) is 25.6. The molecule has 35 heavy (non-hydrogen) atoms. The number of Topliss-reactive ketones (excluding diaryl/α,β-unsaturated/α-hetero) is 2. The minimum Gasteiger partial charge on any atom is -0.328 e. The standard InChI is InChI=1S/C30H25N3O2/c1-21-9-12-31-27(14-21)29(35)19-28(34)26-17-23(15-22-6-3-2-4-7-22)16-24(18-26)20-33-13-10-25-8-5-11-32-30(25)33/h2-14,16-18H,15,19-20H2,1H3. The molecule has 0 saturated carbocycles. The predicted molar refractivity (Wildman–Crippen MR) is 137 cm³/mol. The van der Waals surface area contributed by atoms with Crippen LogP contribution in [0.25, 0.3) is 11.0 Å². The minimum absolute atomic E-state index is 0.204. The number of aromatic nitrogens is 3. The molecule has 0 N–H and O–H groups in total. The first kappa shape index (κ1) is 22.4. The Balaban J connectivity index is 1.46. The number of pyridine rings is 2. The van der Waals surface area contributed by atoms with Gasteiger partial charge in [-0.2, -0.15) is 0 Å². The lowest BCUT2D eigenvalue weighted by Crippen LogP contribution is -2.11. The lowest BCUT2D eigenvalue weighted by Gasteiger charge is -2.11. The molecular formula is C30H25N3O2. The highest BCUT2D eigenvalue weighted by Crippen LogP contribution is 2.20. The molecule has 0 fully saturated rings. The molecule has 0 amide bonds. The van der Waals surface area contributed by atoms with E-state index >= 15 is 0 Å². The van der Waals surface area contributed by atoms with Crippen molar-refractivity contribution in [2.75, 3.05) is 0 Å². The Morgan fingerprint density at radius 1 is 0.771 bits per heavy atom. The molecular weight excluding hydrogens is 434 g/mol. The molecule has 0 radical (unpaired) electrons. The maximum atomic E-state index is 13.2. The van der Waals surface area contributed by atoms with Crippen LogP contribution in [0.3, 0.4) is 0 Å². The summed E-state index contributed by atoms with van der Waals surface area (Å²) in [4.78, 5) is 34.6. The third kappa shape index (κ3) is 5.25. The fourth-order valence-corrected chi connectivity index (χ4v) is 4.32. The number of carbonyl (C=O) groups is 2. The van der Waals surface area contributed by atoms with Crippen LogP contribution in [-0.4, -0.2) is 26.1 Å². The molecule has 0 aliphatic carbocycles. The normalized spacial score (nSPS) is 11.0. The summed E-state index contributed by atoms with van der Waals surface area (Å²) < 4.78 is 2.08. The van der Waals surface area contributed by atoms with E-state index in [2.05, 4.69) is 32.7 Å². The van der Waals surface area contributed by atoms with Crippen LogP contribution in [0, 0.1) is 6.92 Å². The van der Waals surface area contributed by atoms with Crippen LogP contribution >= 0.6 is 0 Å². The molecule has 0 aliphatic rings. The van der Waals surface area contributed by atoms with Crippen LogP contribution in [0.15, 0.2) is 97.5 Å². The highest BCUT2D eigenvalue weighted by Gasteiger charge is 2.17. The number of carbonyl (C=O) groups excluding carboxylic acids is 2. The second-order valence-electron chi connectivity index (χ2n) is 8.80. The van der Waals surface area contributed by atoms with E-state index in [0.717, 1.165) is 33.3 Å². The zero-order chi connectivity index (χ0) is 24.2. The molecule has 5 nitrogen and oxygen atoms in total. The maximum Gasteiger partial charge on any atom is 0.188 e. The minimum atomic E-state index is -0.269. The summed E-state index contributed by atoms with van der Waals surface area (Å²) in [5.41, 5.74) is 5.89. The number of ketones is 2. The largest absolute Gasteiger partial charge is 0.328 e. The van der Waals surface area contributed by atoms with Crippen molar-refractivity contribution in [3.05, 3.63) is 131 Å². The SMILES string of the molecule is Cc1ccnc(C(=O)CC(=O)c2cc(Cc3ccccc3)cc(Cn3ccc4cccnc43)c2)c1. The summed E-state index contributed by atoms with van der Waals surface area (Å²) in [5, 5.41) is 1.07. The van der Waals surface area contributed by atoms with E-state index in [1.54, 1.807) is 18.5 Å². The van der Waals surface area contributed by atoms with Crippen LogP contribution in [0.2, 0.25) is 0 Å². The molecule has 0 atom stereocenters. The van der Waals surface area contributed by atoms with Gasteiger partial charge >= 0.3 is 0 Å². The Hall–Kier alpha value is -4.38. The van der Waals surface area contributed by atoms with E-state index in [0.29, 0.717) is 24.2 Å². The van der Waals surface area contributed by atoms with Gasteiger partial charge in [-0.1, -0.05) is 36.4 Å². The van der Waals surface area contributed by atoms with Gasteiger partial charge in [0.2, 0.25) is 0 Å². The van der Waals surface area contributed by atoms with Gasteiger partial charge in [0.15, 0.2) is 11.6 Å². The lowest BCUT2D eigenvalue weighted by molar-refractivity contribution is 0.0891. The van der Waals surface area contributed by atoms with Gasteiger partial charge in [-0.3, -0.25) is 14.6 Å². The van der Waals surface area contributed by atoms with Crippen molar-refractivity contribution in [1.82, 2.24) is 14.5 Å². The molecule has 2 aromatic carbocycles. The third-order valence-corrected chi connectivity index (χ3v) is 6.02. The summed E-state index contributed by atoms with van der Waals surface area (Å²) in [7, 11) is 0. The van der Waals surface area contributed by atoms with Gasteiger partial charge in [-0.25, -0.2) is 4.98 Å². The first-order chi connectivity index (χ1) is 17.0. The molecule has 0 spiro atoms. The molecule has 0 bridgehead atoms. The summed E-state index contributed by atoms with van der Waals surface area (Å²) >= 11 is 0. The van der Waals surface area contributed by atoms with Gasteiger partial charge in [0.25, 0.3) is 0 Å². The van der Waals surface area contributed by atoms with Crippen molar-refractivity contribution >= 4 is 22.6 Å². The van der Waals surface area contributed by atoms with Crippen molar-refractivity contribution < 1.29 is 9.59 Å². The molecule has 0 saturated heterocycles. The maximum absolute atomic E-state index is 13.2. The number of nitrogens with zero attached hydrogens (tertiary/aromatic N) is 3. The molecule has 0 unspecified atom stereocenters. The van der Waals surface area contributed by atoms with E-state index < -0.39 is 0 Å². The zero-order valence-electron chi connectivity index (χ0n) is 19.5. The summed E-state index contributed by atoms with van der Waals surface area (Å²) in [6.45, 7) is 2.48. The second kappa shape index (κ2) is 9.85. The fourth-order valence-electron chi connectivity index (χ4n) is 4.32. The van der Waals surface area contributed by atoms with Gasteiger partial charge < -0.3 is 4.57 Å². The Kier molecular flexibility index (Phi) is 6.31. The highest BCUT2D eigenvalue weighted by atomic mass is 16.1. The first-order valence-corrected chi connectivity index (χ1v) is 11.6. The molecule has 3 heterocycles. The van der Waals surface area contributed by atoms with Gasteiger partial charge in [0.05, 0.1) is 6.42 Å². The predicted octanol–water partition coefficient (Wildman–Crippen LogP) is 5.83. The van der Waals surface area contributed by atoms with Crippen molar-refractivity contribution in [3.8, 4) is 0 Å². The van der Waals surface area contributed by atoms with E-state index in [1.165, 1.54) is 0 Å². The number of rotatable bonds is 8. The lowest BCUT2D eigenvalue weighted by atomic mass is 9.96. The highest BCUT2D eigenvalue weighted by molar-refractivity contribution is 6.13. The second-order valence-corrected chi connectivity index (χ2v) is 8.80. The Morgan fingerprint density at radius 2 is 1.60 bits per heavy atom. The van der Waals surface area contributed by atoms with Gasteiger partial charge in [0, 0.05) is 36.1 Å². The third-order valence-electron chi connectivity index (χ3n) is 6.02. The average Bonchev–Trinajstić information content (AvgIpc) is 3.27. The van der Waals surface area contributed by atoms with Crippen molar-refractivity contribution in [2.24, 2.45) is 0 Å². The Labute approximate surface area is 204 Å². The van der Waals surface area contributed by atoms with Gasteiger partial charge in [-0.05, 0) is 78.1 Å². The summed E-state index contributed by atoms with van der Waals surface area (Å²) in [6.07, 6.45) is 5.88. The van der Waals surface area contributed by atoms with Crippen molar-refractivity contribution in [3.63, 3.8) is 0 Å². The number of hydrogen-bond acceptors (Lipinski definition) is 4. The molecule has 5 rings (SSSR count). The van der Waals surface area contributed by atoms with Crippen LogP contribution in [0.4, 0.5) is 0 Å². The van der Waals surface area contributed by atoms with Gasteiger partial charge in [0.1, 0.15) is 11.3 Å². The zero-order valence-corrected chi connectivity index (χ0v) is 19.5. The number of hydrogen-bond donors (Lipinski definition) is 0. The Morgan fingerprint density at radius 3 is 2.43 bits per heavy atom. The number of benzene rings is 2. The first-order valence-electron chi connectivity index (χ1n) is 11.6. The molecule has 3 aromatic heterocycles. The van der Waals surface area contributed by atoms with Gasteiger partial charge in [-0.15, -0.1) is 0 Å². The van der Waals surface area contributed by atoms with Crippen LogP contribution in [0.1, 0.15) is 49.5 Å². The quantitative estimate of drug-likeness (QED) is 0.216. The van der Waals surface area contributed by atoms with Crippen molar-refractivity contribution in [1.29, 1.82) is 0 Å². The smallest absolute Gasteiger partial charge is 0.188 e. The number of aryl methyl sites for hydroxylation is 1. The van der Waals surface area contributed by atoms with Crippen LogP contribution in [0.5, 0.6) is 0 Å². The average molecular weight is 460 g/mol. The van der Waals surface area contributed by atoms with Crippen LogP contribution in [-0.2, 0) is 13.0 Å². The Bertz CT molecular complexity index is 1520. The topological polar surface area (TPSA) is 64.8 Å². The van der Waals surface area contributed by atoms with E-state index in [9.17, 15) is 9.59 Å². The van der Waals surface area contributed by atoms with E-state index in [-0.39, 0.29) is 18.0 Å². The molecule has 0 aliphatic heterocycles. The monoisotopic (exact) mass is 459 g/mol. The molecule has 5 heteroatoms. The van der Waals surface area contributed by atoms with E-state index in [1.807, 2.05) is 67.7 Å². The van der Waals surface area contributed by atoms with Crippen LogP contribution < -0.4 is 0 Å². The molecule has 5 aromatic rings. The molecule has 172 valence electrons. The number of fused-ring (bicyclic) bond motifs is 1. The van der Waals surface area contributed by atoms with Crippen molar-refractivity contribution in [2.45, 2.75) is 26.3 Å². The van der Waals surface area contributed by atoms with E-state index in [4.69, 9.17) is 0 Å². The fraction of sp³-hybridized carbons (Fsp3) is 0.133. The summed E-state index contributed by atoms with van der Waals surface area (Å²) in [5.74, 6) is -0.473.